The Labute approximate surface area is 317 Å². The zero-order chi connectivity index (χ0) is 38.2. The fourth-order valence-corrected chi connectivity index (χ4v) is 5.79. The molecule has 0 aromatic carbocycles. The van der Waals surface area contributed by atoms with Gasteiger partial charge in [-0.1, -0.05) is 158 Å². The minimum Gasteiger partial charge on any atom is -0.462 e. The summed E-state index contributed by atoms with van der Waals surface area (Å²) in [7, 11) is -4.78. The Balaban J connectivity index is 4.09. The number of hydrogen-bond acceptors (Lipinski definition) is 6. The van der Waals surface area contributed by atoms with E-state index in [1.165, 1.54) is 96.3 Å². The third-order valence-corrected chi connectivity index (χ3v) is 8.99. The summed E-state index contributed by atoms with van der Waals surface area (Å²) in [6.07, 6.45) is 48.2. The molecule has 0 fully saturated rings. The van der Waals surface area contributed by atoms with Crippen LogP contribution in [-0.4, -0.2) is 41.0 Å². The molecule has 9 heteroatoms. The van der Waals surface area contributed by atoms with Crippen molar-refractivity contribution in [3.63, 3.8) is 0 Å². The highest BCUT2D eigenvalue weighted by Crippen LogP contribution is 2.36. The molecule has 1 atom stereocenters. The molecule has 0 aliphatic carbocycles. The predicted molar refractivity (Wildman–Crippen MR) is 216 cm³/mol. The van der Waals surface area contributed by atoms with Crippen molar-refractivity contribution in [2.75, 3.05) is 13.2 Å². The van der Waals surface area contributed by atoms with Gasteiger partial charge in [0, 0.05) is 12.8 Å². The molecule has 0 spiro atoms. The van der Waals surface area contributed by atoms with E-state index < -0.39 is 32.5 Å². The Kier molecular flexibility index (Phi) is 36.8. The zero-order valence-corrected chi connectivity index (χ0v) is 33.8. The van der Waals surface area contributed by atoms with Crippen molar-refractivity contribution >= 4 is 19.8 Å². The minimum atomic E-state index is -4.78. The number of unbranched alkanes of at least 4 members (excludes halogenated alkanes) is 17. The molecular formula is C43H75O8P. The molecule has 52 heavy (non-hydrogen) atoms. The van der Waals surface area contributed by atoms with Crippen LogP contribution in [0.1, 0.15) is 181 Å². The second-order valence-electron chi connectivity index (χ2n) is 13.6. The quantitative estimate of drug-likeness (QED) is 0.0279. The van der Waals surface area contributed by atoms with Crippen molar-refractivity contribution in [3.8, 4) is 0 Å². The number of allylic oxidation sites excluding steroid dienone is 10. The number of carbonyl (C=O) groups excluding carboxylic acids is 2. The van der Waals surface area contributed by atoms with Crippen molar-refractivity contribution in [3.05, 3.63) is 60.8 Å². The van der Waals surface area contributed by atoms with Crippen LogP contribution in [0, 0.1) is 0 Å². The van der Waals surface area contributed by atoms with Gasteiger partial charge in [0.05, 0.1) is 6.61 Å². The number of esters is 2. The summed E-state index contributed by atoms with van der Waals surface area (Å²) in [5.74, 6) is -1.00. The molecule has 0 saturated carbocycles. The first-order valence-corrected chi connectivity index (χ1v) is 22.1. The third-order valence-electron chi connectivity index (χ3n) is 8.51. The molecule has 0 aromatic rings. The van der Waals surface area contributed by atoms with Crippen LogP contribution in [-0.2, 0) is 28.2 Å². The van der Waals surface area contributed by atoms with Crippen LogP contribution in [0.4, 0.5) is 0 Å². The highest BCUT2D eigenvalue weighted by molar-refractivity contribution is 7.46. The molecule has 300 valence electrons. The van der Waals surface area contributed by atoms with E-state index in [0.29, 0.717) is 19.3 Å². The van der Waals surface area contributed by atoms with Gasteiger partial charge in [-0.25, -0.2) is 4.57 Å². The highest BCUT2D eigenvalue weighted by atomic mass is 31.2. The SMILES string of the molecule is CCCCCCCC/C=C/C/C=C/C/C=C/CCCC(=O)O[C@H](COC(=O)CCC/C=C/C/C=C/CCCCCCCCCCC)COP(=O)(O)O. The lowest BCUT2D eigenvalue weighted by atomic mass is 10.1. The van der Waals surface area contributed by atoms with Crippen molar-refractivity contribution in [1.82, 2.24) is 0 Å². The third kappa shape index (κ3) is 40.5. The van der Waals surface area contributed by atoms with E-state index in [4.69, 9.17) is 19.3 Å². The maximum atomic E-state index is 12.4. The van der Waals surface area contributed by atoms with E-state index in [0.717, 1.165) is 38.5 Å². The van der Waals surface area contributed by atoms with Gasteiger partial charge in [0.25, 0.3) is 0 Å². The van der Waals surface area contributed by atoms with Crippen LogP contribution < -0.4 is 0 Å². The topological polar surface area (TPSA) is 119 Å². The van der Waals surface area contributed by atoms with Crippen LogP contribution >= 0.6 is 7.82 Å². The first kappa shape index (κ1) is 49.8. The molecule has 0 rings (SSSR count). The summed E-state index contributed by atoms with van der Waals surface area (Å²) in [5, 5.41) is 0. The van der Waals surface area contributed by atoms with Crippen LogP contribution in [0.15, 0.2) is 60.8 Å². The van der Waals surface area contributed by atoms with Gasteiger partial charge in [0.1, 0.15) is 6.61 Å². The smallest absolute Gasteiger partial charge is 0.462 e. The molecular weight excluding hydrogens is 675 g/mol. The van der Waals surface area contributed by atoms with E-state index in [-0.39, 0.29) is 19.4 Å². The number of carbonyl (C=O) groups is 2. The molecule has 0 saturated heterocycles. The number of phosphoric ester groups is 1. The summed E-state index contributed by atoms with van der Waals surface area (Å²) >= 11 is 0. The lowest BCUT2D eigenvalue weighted by molar-refractivity contribution is -0.161. The summed E-state index contributed by atoms with van der Waals surface area (Å²) in [6, 6.07) is 0. The Bertz CT molecular complexity index is 1030. The number of ether oxygens (including phenoxy) is 2. The lowest BCUT2D eigenvalue weighted by Crippen LogP contribution is -2.29. The van der Waals surface area contributed by atoms with Gasteiger partial charge in [-0.05, 0) is 70.6 Å². The van der Waals surface area contributed by atoms with E-state index in [9.17, 15) is 14.2 Å². The van der Waals surface area contributed by atoms with E-state index >= 15 is 0 Å². The summed E-state index contributed by atoms with van der Waals surface area (Å²) in [5.41, 5.74) is 0. The van der Waals surface area contributed by atoms with Crippen molar-refractivity contribution < 1.29 is 37.9 Å². The molecule has 8 nitrogen and oxygen atoms in total. The van der Waals surface area contributed by atoms with Gasteiger partial charge >= 0.3 is 19.8 Å². The maximum Gasteiger partial charge on any atom is 0.469 e. The second-order valence-corrected chi connectivity index (χ2v) is 14.8. The molecule has 0 bridgehead atoms. The van der Waals surface area contributed by atoms with E-state index in [1.54, 1.807) is 0 Å². The zero-order valence-electron chi connectivity index (χ0n) is 32.9. The van der Waals surface area contributed by atoms with Gasteiger partial charge in [0.15, 0.2) is 6.10 Å². The minimum absolute atomic E-state index is 0.130. The van der Waals surface area contributed by atoms with E-state index in [1.807, 2.05) is 6.08 Å². The molecule has 0 aromatic heterocycles. The molecule has 0 radical (unpaired) electrons. The highest BCUT2D eigenvalue weighted by Gasteiger charge is 2.22. The molecule has 2 N–H and O–H groups in total. The predicted octanol–water partition coefficient (Wildman–Crippen LogP) is 12.5. The largest absolute Gasteiger partial charge is 0.469 e. The van der Waals surface area contributed by atoms with Crippen molar-refractivity contribution in [2.45, 2.75) is 187 Å². The normalized spacial score (nSPS) is 13.1. The Hall–Kier alpha value is -2.25. The van der Waals surface area contributed by atoms with Crippen molar-refractivity contribution in [2.24, 2.45) is 0 Å². The number of hydrogen-bond donors (Lipinski definition) is 2. The molecule has 0 unspecified atom stereocenters. The van der Waals surface area contributed by atoms with Gasteiger partial charge in [-0.2, -0.15) is 0 Å². The molecule has 0 heterocycles. The van der Waals surface area contributed by atoms with Crippen LogP contribution in [0.2, 0.25) is 0 Å². The van der Waals surface area contributed by atoms with Gasteiger partial charge in [-0.3, -0.25) is 14.1 Å². The first-order chi connectivity index (χ1) is 25.3. The average molecular weight is 751 g/mol. The average Bonchev–Trinajstić information content (AvgIpc) is 3.11. The fraction of sp³-hybridized carbons (Fsp3) is 0.721. The molecule has 0 aliphatic heterocycles. The fourth-order valence-electron chi connectivity index (χ4n) is 5.43. The summed E-state index contributed by atoms with van der Waals surface area (Å²) in [6.45, 7) is 3.59. The summed E-state index contributed by atoms with van der Waals surface area (Å²) in [4.78, 5) is 42.7. The van der Waals surface area contributed by atoms with E-state index in [2.05, 4.69) is 73.1 Å². The van der Waals surface area contributed by atoms with Crippen LogP contribution in [0.5, 0.6) is 0 Å². The standard InChI is InChI=1S/C43H75O8P/c1-3-5-7-9-11-13-15-17-19-21-23-25-27-29-31-33-35-37-42(44)49-39-41(40-50-52(46,47)48)51-43(45)38-36-34-32-30-28-26-24-22-20-18-16-14-12-10-8-6-4-2/h18,20,23-26,29-32,41H,3-17,19,21-22,27-28,33-40H2,1-2H3,(H2,46,47,48)/b20-18+,25-23+,26-24+,31-29+,32-30+/t41-/m1/s1. The van der Waals surface area contributed by atoms with Gasteiger partial charge in [-0.15, -0.1) is 0 Å². The second kappa shape index (κ2) is 38.5. The Morgan fingerprint density at radius 3 is 1.29 bits per heavy atom. The summed E-state index contributed by atoms with van der Waals surface area (Å²) < 4.78 is 26.3. The monoisotopic (exact) mass is 751 g/mol. The number of phosphoric acid groups is 1. The first-order valence-electron chi connectivity index (χ1n) is 20.6. The van der Waals surface area contributed by atoms with Crippen LogP contribution in [0.3, 0.4) is 0 Å². The van der Waals surface area contributed by atoms with Crippen molar-refractivity contribution in [1.29, 1.82) is 0 Å². The maximum absolute atomic E-state index is 12.4. The lowest BCUT2D eigenvalue weighted by Gasteiger charge is -2.18. The number of rotatable bonds is 37. The Morgan fingerprint density at radius 2 is 0.865 bits per heavy atom. The van der Waals surface area contributed by atoms with Gasteiger partial charge < -0.3 is 19.3 Å². The Morgan fingerprint density at radius 1 is 0.500 bits per heavy atom. The van der Waals surface area contributed by atoms with Gasteiger partial charge in [0.2, 0.25) is 0 Å². The van der Waals surface area contributed by atoms with Crippen LogP contribution in [0.25, 0.3) is 0 Å². The molecule has 0 aliphatic rings. The molecule has 0 amide bonds.